The van der Waals surface area contributed by atoms with Crippen LogP contribution in [0.1, 0.15) is 48.8 Å². The smallest absolute Gasteiger partial charge is 0.357 e. The van der Waals surface area contributed by atoms with Gasteiger partial charge in [-0.3, -0.25) is 0 Å². The van der Waals surface area contributed by atoms with Crippen molar-refractivity contribution in [2.24, 2.45) is 0 Å². The molecule has 1 N–H and O–H groups in total. The van der Waals surface area contributed by atoms with Crippen LogP contribution in [0.25, 0.3) is 0 Å². The molecule has 7 heteroatoms. The summed E-state index contributed by atoms with van der Waals surface area (Å²) < 4.78 is 4.68. The summed E-state index contributed by atoms with van der Waals surface area (Å²) in [6, 6.07) is 7.59. The van der Waals surface area contributed by atoms with Crippen LogP contribution in [0, 0.1) is 0 Å². The normalized spacial score (nSPS) is 11.1. The third kappa shape index (κ3) is 5.05. The van der Waals surface area contributed by atoms with E-state index in [0.717, 1.165) is 17.7 Å². The number of benzene rings is 1. The minimum absolute atomic E-state index is 0.208. The van der Waals surface area contributed by atoms with Crippen LogP contribution < -0.4 is 5.32 Å². The molecule has 1 aromatic carbocycles. The molecular weight excluding hydrogens is 350 g/mol. The number of urea groups is 1. The number of thiazole rings is 1. The lowest BCUT2D eigenvalue weighted by Crippen LogP contribution is -2.47. The lowest BCUT2D eigenvalue weighted by atomic mass is 10.1. The van der Waals surface area contributed by atoms with Crippen molar-refractivity contribution >= 4 is 29.0 Å². The van der Waals surface area contributed by atoms with Gasteiger partial charge in [-0.25, -0.2) is 14.6 Å². The van der Waals surface area contributed by atoms with Gasteiger partial charge < -0.3 is 15.0 Å². The largest absolute Gasteiger partial charge is 0.464 e. The van der Waals surface area contributed by atoms with Crippen LogP contribution in [0.15, 0.2) is 29.6 Å². The zero-order valence-corrected chi connectivity index (χ0v) is 16.6. The van der Waals surface area contributed by atoms with Gasteiger partial charge in [0.2, 0.25) is 0 Å². The van der Waals surface area contributed by atoms with Gasteiger partial charge >= 0.3 is 12.0 Å². The van der Waals surface area contributed by atoms with Crippen LogP contribution >= 0.6 is 11.3 Å². The van der Waals surface area contributed by atoms with Crippen LogP contribution in [0.2, 0.25) is 0 Å². The first-order valence-corrected chi connectivity index (χ1v) is 9.33. The summed E-state index contributed by atoms with van der Waals surface area (Å²) >= 11 is 1.33. The maximum absolute atomic E-state index is 12.9. The highest BCUT2D eigenvalue weighted by Gasteiger charge is 2.28. The van der Waals surface area contributed by atoms with Crippen molar-refractivity contribution in [1.29, 1.82) is 0 Å². The molecule has 140 valence electrons. The molecular formula is C19H25N3O3S. The summed E-state index contributed by atoms with van der Waals surface area (Å²) in [5, 5.41) is 5.28. The number of carbonyl (C=O) groups excluding carboxylic acids is 2. The van der Waals surface area contributed by atoms with E-state index in [-0.39, 0.29) is 11.7 Å². The highest BCUT2D eigenvalue weighted by atomic mass is 32.1. The van der Waals surface area contributed by atoms with Crippen molar-refractivity contribution in [2.75, 3.05) is 12.4 Å². The van der Waals surface area contributed by atoms with Gasteiger partial charge in [0.15, 0.2) is 5.69 Å². The molecule has 2 rings (SSSR count). The molecule has 0 fully saturated rings. The Hall–Kier alpha value is -2.41. The summed E-state index contributed by atoms with van der Waals surface area (Å²) in [6.45, 7) is 8.27. The fraction of sp³-hybridized carbons (Fsp3) is 0.421. The van der Waals surface area contributed by atoms with E-state index < -0.39 is 11.5 Å². The quantitative estimate of drug-likeness (QED) is 0.790. The molecule has 1 heterocycles. The number of esters is 1. The van der Waals surface area contributed by atoms with Gasteiger partial charge in [0.25, 0.3) is 0 Å². The van der Waals surface area contributed by atoms with E-state index in [4.69, 9.17) is 0 Å². The van der Waals surface area contributed by atoms with Gasteiger partial charge in [-0.15, -0.1) is 11.3 Å². The second-order valence-electron chi connectivity index (χ2n) is 6.86. The number of hydrogen-bond donors (Lipinski definition) is 1. The van der Waals surface area contributed by atoms with Crippen LogP contribution in [0.5, 0.6) is 0 Å². The summed E-state index contributed by atoms with van der Waals surface area (Å²) in [5.74, 6) is -0.476. The standard InChI is InChI=1S/C19H25N3O3S/c1-6-13-8-7-9-14(10-13)20-18(24)22(19(2,3)4)11-16-21-15(12-26-16)17(23)25-5/h7-10,12H,6,11H2,1-5H3,(H,20,24). The number of rotatable bonds is 5. The topological polar surface area (TPSA) is 71.5 Å². The van der Waals surface area contributed by atoms with Crippen LogP contribution in [-0.2, 0) is 17.7 Å². The van der Waals surface area contributed by atoms with Crippen molar-refractivity contribution in [3.63, 3.8) is 0 Å². The highest BCUT2D eigenvalue weighted by Crippen LogP contribution is 2.22. The molecule has 0 aliphatic carbocycles. The van der Waals surface area contributed by atoms with Gasteiger partial charge in [-0.05, 0) is 44.9 Å². The lowest BCUT2D eigenvalue weighted by Gasteiger charge is -2.35. The van der Waals surface area contributed by atoms with Crippen LogP contribution in [-0.4, -0.2) is 34.5 Å². The molecule has 26 heavy (non-hydrogen) atoms. The number of nitrogens with zero attached hydrogens (tertiary/aromatic N) is 2. The predicted molar refractivity (Wildman–Crippen MR) is 104 cm³/mol. The summed E-state index contributed by atoms with van der Waals surface area (Å²) in [5.41, 5.74) is 1.77. The van der Waals surface area contributed by atoms with E-state index in [9.17, 15) is 9.59 Å². The Morgan fingerprint density at radius 2 is 2.04 bits per heavy atom. The van der Waals surface area contributed by atoms with E-state index in [1.807, 2.05) is 45.0 Å². The minimum Gasteiger partial charge on any atom is -0.464 e. The minimum atomic E-state index is -0.476. The molecule has 0 saturated heterocycles. The molecule has 0 aliphatic heterocycles. The third-order valence-corrected chi connectivity index (χ3v) is 4.71. The number of carbonyl (C=O) groups is 2. The molecule has 2 aromatic rings. The predicted octanol–water partition coefficient (Wildman–Crippen LogP) is 4.32. The van der Waals surface area contributed by atoms with Crippen molar-refractivity contribution < 1.29 is 14.3 Å². The van der Waals surface area contributed by atoms with E-state index in [1.54, 1.807) is 10.3 Å². The number of ether oxygens (including phenoxy) is 1. The Balaban J connectivity index is 2.17. The Bertz CT molecular complexity index is 780. The van der Waals surface area contributed by atoms with E-state index in [2.05, 4.69) is 22.0 Å². The first kappa shape index (κ1) is 19.9. The molecule has 6 nitrogen and oxygen atoms in total. The molecule has 0 unspecified atom stereocenters. The Labute approximate surface area is 158 Å². The molecule has 1 aromatic heterocycles. The Morgan fingerprint density at radius 1 is 1.31 bits per heavy atom. The number of hydrogen-bond acceptors (Lipinski definition) is 5. The third-order valence-electron chi connectivity index (χ3n) is 3.88. The van der Waals surface area contributed by atoms with E-state index >= 15 is 0 Å². The first-order valence-electron chi connectivity index (χ1n) is 8.45. The summed E-state index contributed by atoms with van der Waals surface area (Å²) in [6.07, 6.45) is 0.905. The number of anilines is 1. The Kier molecular flexibility index (Phi) is 6.37. The van der Waals surface area contributed by atoms with E-state index in [1.165, 1.54) is 18.4 Å². The van der Waals surface area contributed by atoms with Gasteiger partial charge in [-0.2, -0.15) is 0 Å². The number of nitrogens with one attached hydrogen (secondary N) is 1. The van der Waals surface area contributed by atoms with Crippen LogP contribution in [0.3, 0.4) is 0 Å². The number of aryl methyl sites for hydroxylation is 1. The van der Waals surface area contributed by atoms with Crippen molar-refractivity contribution in [3.8, 4) is 0 Å². The molecule has 0 spiro atoms. The SMILES string of the molecule is CCc1cccc(NC(=O)N(Cc2nc(C(=O)OC)cs2)C(C)(C)C)c1. The van der Waals surface area contributed by atoms with Crippen LogP contribution in [0.4, 0.5) is 10.5 Å². The Morgan fingerprint density at radius 3 is 2.65 bits per heavy atom. The fourth-order valence-corrected chi connectivity index (χ4v) is 3.14. The van der Waals surface area contributed by atoms with Gasteiger partial charge in [0, 0.05) is 16.6 Å². The van der Waals surface area contributed by atoms with Crippen molar-refractivity contribution in [1.82, 2.24) is 9.88 Å². The average Bonchev–Trinajstić information content (AvgIpc) is 3.06. The van der Waals surface area contributed by atoms with Crippen molar-refractivity contribution in [2.45, 2.75) is 46.2 Å². The average molecular weight is 375 g/mol. The maximum Gasteiger partial charge on any atom is 0.357 e. The highest BCUT2D eigenvalue weighted by molar-refractivity contribution is 7.09. The van der Waals surface area contributed by atoms with E-state index in [0.29, 0.717) is 11.6 Å². The monoisotopic (exact) mass is 375 g/mol. The summed E-state index contributed by atoms with van der Waals surface area (Å²) in [7, 11) is 1.32. The zero-order chi connectivity index (χ0) is 19.3. The van der Waals surface area contributed by atoms with Gasteiger partial charge in [0.1, 0.15) is 5.01 Å². The lowest BCUT2D eigenvalue weighted by molar-refractivity contribution is 0.0594. The summed E-state index contributed by atoms with van der Waals surface area (Å²) in [4.78, 5) is 30.4. The van der Waals surface area contributed by atoms with Gasteiger partial charge in [0.05, 0.1) is 13.7 Å². The number of aromatic nitrogens is 1. The second-order valence-corrected chi connectivity index (χ2v) is 7.80. The molecule has 0 radical (unpaired) electrons. The zero-order valence-electron chi connectivity index (χ0n) is 15.8. The molecule has 0 saturated carbocycles. The van der Waals surface area contributed by atoms with Gasteiger partial charge in [-0.1, -0.05) is 19.1 Å². The number of amides is 2. The maximum atomic E-state index is 12.9. The molecule has 0 atom stereocenters. The first-order chi connectivity index (χ1) is 12.2. The molecule has 0 aliphatic rings. The van der Waals surface area contributed by atoms with Crippen molar-refractivity contribution in [3.05, 3.63) is 45.9 Å². The number of methoxy groups -OCH3 is 1. The fourth-order valence-electron chi connectivity index (χ4n) is 2.39. The molecule has 2 amide bonds. The second kappa shape index (κ2) is 8.31. The molecule has 0 bridgehead atoms.